The zero-order valence-corrected chi connectivity index (χ0v) is 36.6. The third-order valence-electron chi connectivity index (χ3n) is 12.3. The third kappa shape index (κ3) is 9.66. The van der Waals surface area contributed by atoms with Gasteiger partial charge in [0.05, 0.1) is 17.1 Å². The van der Waals surface area contributed by atoms with E-state index in [4.69, 9.17) is 15.0 Å². The quantitative estimate of drug-likeness (QED) is 0.116. The van der Waals surface area contributed by atoms with Gasteiger partial charge >= 0.3 is 0 Å². The first-order valence-corrected chi connectivity index (χ1v) is 22.6. The Morgan fingerprint density at radius 1 is 0.262 bits per heavy atom. The molecule has 0 amide bonds. The lowest BCUT2D eigenvalue weighted by Crippen LogP contribution is -1.99. The van der Waals surface area contributed by atoms with E-state index in [-0.39, 0.29) is 0 Å². The topological polar surface area (TPSA) is 38.7 Å². The number of hydrogen-bond acceptors (Lipinski definition) is 3. The van der Waals surface area contributed by atoms with Crippen molar-refractivity contribution in [2.45, 2.75) is 32.6 Å². The van der Waals surface area contributed by atoms with Crippen LogP contribution in [0.4, 0.5) is 0 Å². The van der Waals surface area contributed by atoms with Gasteiger partial charge in [-0.3, -0.25) is 15.0 Å². The van der Waals surface area contributed by atoms with E-state index < -0.39 is 0 Å². The van der Waals surface area contributed by atoms with Crippen molar-refractivity contribution in [3.63, 3.8) is 0 Å². The fourth-order valence-electron chi connectivity index (χ4n) is 8.82. The smallest absolute Gasteiger partial charge is 0.0705 e. The lowest BCUT2D eigenvalue weighted by Gasteiger charge is -2.16. The Labute approximate surface area is 382 Å². The Kier molecular flexibility index (Phi) is 12.1. The summed E-state index contributed by atoms with van der Waals surface area (Å²) in [6, 6.07) is 75.8. The standard InChI is InChI=1S/C62H49N3/c1-44-35-62(55-24-14-23-54(40-55)53-22-13-21-52(39-53)49-15-5-2-6-16-49)65-43-59(44)58-26-12-11-25-57(58)56-37-47(29-27-45-31-33-60(63-41-45)50-17-7-3-8-18-50)36-48(38-56)30-28-46-32-34-61(64-42-46)51-19-9-4-10-20-51/h2-26,31-43H,27-30H2,1H3. The van der Waals surface area contributed by atoms with Crippen LogP contribution in [0.5, 0.6) is 0 Å². The molecular formula is C62H49N3. The molecule has 3 nitrogen and oxygen atoms in total. The zero-order valence-electron chi connectivity index (χ0n) is 36.6. The summed E-state index contributed by atoms with van der Waals surface area (Å²) in [7, 11) is 0. The predicted molar refractivity (Wildman–Crippen MR) is 270 cm³/mol. The summed E-state index contributed by atoms with van der Waals surface area (Å²) in [4.78, 5) is 14.8. The molecule has 0 aliphatic rings. The lowest BCUT2D eigenvalue weighted by molar-refractivity contribution is 0.923. The van der Waals surface area contributed by atoms with Gasteiger partial charge in [-0.15, -0.1) is 0 Å². The molecule has 0 aliphatic heterocycles. The Morgan fingerprint density at radius 2 is 0.692 bits per heavy atom. The number of aromatic nitrogens is 3. The van der Waals surface area contributed by atoms with Gasteiger partial charge in [0.1, 0.15) is 0 Å². The van der Waals surface area contributed by atoms with Gasteiger partial charge in [-0.25, -0.2) is 0 Å². The van der Waals surface area contributed by atoms with Gasteiger partial charge in [-0.2, -0.15) is 0 Å². The van der Waals surface area contributed by atoms with Crippen LogP contribution < -0.4 is 0 Å². The van der Waals surface area contributed by atoms with Crippen molar-refractivity contribution in [2.75, 3.05) is 0 Å². The van der Waals surface area contributed by atoms with Gasteiger partial charge in [-0.1, -0.05) is 182 Å². The third-order valence-corrected chi connectivity index (χ3v) is 12.3. The van der Waals surface area contributed by atoms with Crippen molar-refractivity contribution in [1.82, 2.24) is 15.0 Å². The van der Waals surface area contributed by atoms with E-state index in [1.807, 2.05) is 24.5 Å². The largest absolute Gasteiger partial charge is 0.256 e. The molecule has 0 saturated carbocycles. The van der Waals surface area contributed by atoms with Crippen LogP contribution in [-0.4, -0.2) is 15.0 Å². The minimum atomic E-state index is 0.904. The lowest BCUT2D eigenvalue weighted by atomic mass is 9.89. The molecule has 10 aromatic rings. The maximum absolute atomic E-state index is 5.12. The van der Waals surface area contributed by atoms with E-state index >= 15 is 0 Å². The highest BCUT2D eigenvalue weighted by atomic mass is 14.7. The van der Waals surface area contributed by atoms with Crippen molar-refractivity contribution >= 4 is 0 Å². The summed E-state index contributed by atoms with van der Waals surface area (Å²) >= 11 is 0. The van der Waals surface area contributed by atoms with Crippen molar-refractivity contribution in [3.8, 4) is 78.3 Å². The first-order chi connectivity index (χ1) is 32.1. The Morgan fingerprint density at radius 3 is 1.22 bits per heavy atom. The Bertz CT molecular complexity index is 3070. The molecule has 0 bridgehead atoms. The van der Waals surface area contributed by atoms with Crippen molar-refractivity contribution in [1.29, 1.82) is 0 Å². The molecule has 7 aromatic carbocycles. The molecular weight excluding hydrogens is 787 g/mol. The van der Waals surface area contributed by atoms with Crippen LogP contribution in [0.1, 0.15) is 27.8 Å². The second-order valence-corrected chi connectivity index (χ2v) is 16.8. The van der Waals surface area contributed by atoms with Crippen LogP contribution in [0.3, 0.4) is 0 Å². The van der Waals surface area contributed by atoms with Crippen molar-refractivity contribution in [3.05, 3.63) is 259 Å². The average Bonchev–Trinajstić information content (AvgIpc) is 3.38. The number of pyridine rings is 3. The molecule has 10 rings (SSSR count). The molecule has 312 valence electrons. The predicted octanol–water partition coefficient (Wildman–Crippen LogP) is 15.4. The SMILES string of the molecule is Cc1cc(-c2cccc(-c3cccc(-c4ccccc4)c3)c2)ncc1-c1ccccc1-c1cc(CCc2ccc(-c3ccccc3)nc2)cc(CCc2ccc(-c3ccccc3)nc2)c1. The normalized spacial score (nSPS) is 11.1. The van der Waals surface area contributed by atoms with Crippen LogP contribution >= 0.6 is 0 Å². The molecule has 0 radical (unpaired) electrons. The molecule has 65 heavy (non-hydrogen) atoms. The molecule has 0 saturated heterocycles. The van der Waals surface area contributed by atoms with Crippen LogP contribution in [0.25, 0.3) is 78.3 Å². The Balaban J connectivity index is 0.936. The van der Waals surface area contributed by atoms with E-state index in [0.717, 1.165) is 65.0 Å². The van der Waals surface area contributed by atoms with Crippen LogP contribution in [0.15, 0.2) is 231 Å². The maximum Gasteiger partial charge on any atom is 0.0705 e. The minimum Gasteiger partial charge on any atom is -0.256 e. The minimum absolute atomic E-state index is 0.904. The first kappa shape index (κ1) is 41.0. The van der Waals surface area contributed by atoms with Gasteiger partial charge in [0.15, 0.2) is 0 Å². The van der Waals surface area contributed by atoms with Crippen LogP contribution in [0.2, 0.25) is 0 Å². The number of rotatable bonds is 13. The molecule has 3 heterocycles. The van der Waals surface area contributed by atoms with Gasteiger partial charge in [0.25, 0.3) is 0 Å². The number of hydrogen-bond donors (Lipinski definition) is 0. The summed E-state index contributed by atoms with van der Waals surface area (Å²) in [5, 5.41) is 0. The molecule has 0 N–H and O–H groups in total. The maximum atomic E-state index is 5.12. The molecule has 3 heteroatoms. The molecule has 0 unspecified atom stereocenters. The van der Waals surface area contributed by atoms with E-state index in [0.29, 0.717) is 0 Å². The summed E-state index contributed by atoms with van der Waals surface area (Å²) in [6.07, 6.45) is 9.76. The van der Waals surface area contributed by atoms with Gasteiger partial charge in [-0.05, 0) is 130 Å². The highest BCUT2D eigenvalue weighted by Crippen LogP contribution is 2.37. The number of nitrogens with zero attached hydrogens (tertiary/aromatic N) is 3. The fourth-order valence-corrected chi connectivity index (χ4v) is 8.82. The van der Waals surface area contributed by atoms with Gasteiger partial charge < -0.3 is 0 Å². The molecule has 0 atom stereocenters. The summed E-state index contributed by atoms with van der Waals surface area (Å²) in [6.45, 7) is 2.21. The van der Waals surface area contributed by atoms with Crippen molar-refractivity contribution in [2.24, 2.45) is 0 Å². The van der Waals surface area contributed by atoms with E-state index in [2.05, 4.69) is 213 Å². The number of aryl methyl sites for hydroxylation is 5. The fraction of sp³-hybridized carbons (Fsp3) is 0.0806. The molecule has 0 spiro atoms. The van der Waals surface area contributed by atoms with E-state index in [1.54, 1.807) is 0 Å². The van der Waals surface area contributed by atoms with Crippen LogP contribution in [-0.2, 0) is 25.7 Å². The molecule has 3 aromatic heterocycles. The highest BCUT2D eigenvalue weighted by molar-refractivity contribution is 5.86. The summed E-state index contributed by atoms with van der Waals surface area (Å²) < 4.78 is 0. The zero-order chi connectivity index (χ0) is 43.8. The second kappa shape index (κ2) is 19.2. The van der Waals surface area contributed by atoms with Crippen molar-refractivity contribution < 1.29 is 0 Å². The Hall–Kier alpha value is -8.01. The summed E-state index contributed by atoms with van der Waals surface area (Å²) in [5.41, 5.74) is 22.1. The molecule has 0 fully saturated rings. The first-order valence-electron chi connectivity index (χ1n) is 22.6. The molecule has 0 aliphatic carbocycles. The van der Waals surface area contributed by atoms with Crippen LogP contribution in [0, 0.1) is 6.92 Å². The monoisotopic (exact) mass is 835 g/mol. The van der Waals surface area contributed by atoms with E-state index in [1.165, 1.54) is 66.8 Å². The van der Waals surface area contributed by atoms with E-state index in [9.17, 15) is 0 Å². The van der Waals surface area contributed by atoms with Gasteiger partial charge in [0, 0.05) is 40.8 Å². The second-order valence-electron chi connectivity index (χ2n) is 16.8. The average molecular weight is 836 g/mol. The summed E-state index contributed by atoms with van der Waals surface area (Å²) in [5.74, 6) is 0. The highest BCUT2D eigenvalue weighted by Gasteiger charge is 2.15. The number of benzene rings is 7. The van der Waals surface area contributed by atoms with Gasteiger partial charge in [0.2, 0.25) is 0 Å².